The van der Waals surface area contributed by atoms with Gasteiger partial charge in [-0.05, 0) is 92.5 Å². The van der Waals surface area contributed by atoms with E-state index in [-0.39, 0.29) is 23.9 Å². The highest BCUT2D eigenvalue weighted by molar-refractivity contribution is 8.76. The molecule has 8 rings (SSSR count). The van der Waals surface area contributed by atoms with Crippen LogP contribution in [0.15, 0.2) is 72.8 Å². The zero-order valence-corrected chi connectivity index (χ0v) is 44.9. The van der Waals surface area contributed by atoms with E-state index >= 15 is 0 Å². The number of hydrogen-bond donors (Lipinski definition) is 2. The van der Waals surface area contributed by atoms with Crippen LogP contribution in [0.4, 0.5) is 21.2 Å². The number of piperazine rings is 2. The molecular weight excluding hydrogens is 953 g/mol. The maximum absolute atomic E-state index is 13.8. The Hall–Kier alpha value is -5.44. The van der Waals surface area contributed by atoms with Crippen LogP contribution in [0.1, 0.15) is 65.8 Å². The van der Waals surface area contributed by atoms with Gasteiger partial charge in [0.25, 0.3) is 0 Å². The fourth-order valence-corrected chi connectivity index (χ4v) is 11.9. The van der Waals surface area contributed by atoms with E-state index in [0.717, 1.165) is 86.8 Å². The fourth-order valence-electron chi connectivity index (χ4n) is 10.1. The molecule has 4 saturated heterocycles. The third kappa shape index (κ3) is 13.4. The Balaban J connectivity index is 0.779. The monoisotopic (exact) mass is 1030 g/mol. The molecule has 4 aliphatic rings. The topological polar surface area (TPSA) is 166 Å². The van der Waals surface area contributed by atoms with Gasteiger partial charge < -0.3 is 29.9 Å². The second kappa shape index (κ2) is 23.2. The van der Waals surface area contributed by atoms with E-state index in [2.05, 4.69) is 66.6 Å². The van der Waals surface area contributed by atoms with E-state index in [1.165, 1.54) is 0 Å². The van der Waals surface area contributed by atoms with Gasteiger partial charge in [0.1, 0.15) is 34.9 Å². The molecule has 4 atom stereocenters. The highest BCUT2D eigenvalue weighted by atomic mass is 33.1. The molecule has 72 heavy (non-hydrogen) atoms. The van der Waals surface area contributed by atoms with Gasteiger partial charge in [0, 0.05) is 114 Å². The van der Waals surface area contributed by atoms with E-state index in [1.807, 2.05) is 101 Å². The van der Waals surface area contributed by atoms with Crippen molar-refractivity contribution in [2.24, 2.45) is 0 Å². The molecule has 18 nitrogen and oxygen atoms in total. The normalized spacial score (nSPS) is 21.3. The first-order valence-corrected chi connectivity index (χ1v) is 27.9. The molecule has 2 aromatic carbocycles. The van der Waals surface area contributed by atoms with Crippen molar-refractivity contribution in [3.05, 3.63) is 84.2 Å². The summed E-state index contributed by atoms with van der Waals surface area (Å²) in [7, 11) is 3.23. The van der Waals surface area contributed by atoms with Crippen molar-refractivity contribution in [3.63, 3.8) is 0 Å². The number of para-hydroxylation sites is 2. The fraction of sp³-hybridized carbons (Fsp3) is 0.577. The minimum atomic E-state index is -0.696. The number of nitrogens with one attached hydrogen (secondary N) is 2. The summed E-state index contributed by atoms with van der Waals surface area (Å²) < 4.78 is 15.6. The molecule has 0 unspecified atom stereocenters. The van der Waals surface area contributed by atoms with Gasteiger partial charge in [0.2, 0.25) is 11.8 Å². The molecule has 4 amide bonds. The first kappa shape index (κ1) is 52.9. The molecule has 4 fully saturated rings. The Morgan fingerprint density at radius 1 is 0.569 bits per heavy atom. The number of anilines is 2. The molecular formula is C52H74N12O6S2. The van der Waals surface area contributed by atoms with Crippen LogP contribution in [0.25, 0.3) is 11.4 Å². The van der Waals surface area contributed by atoms with E-state index in [1.54, 1.807) is 31.4 Å². The lowest BCUT2D eigenvalue weighted by molar-refractivity contribution is -0.126. The van der Waals surface area contributed by atoms with E-state index in [9.17, 15) is 19.2 Å². The molecule has 0 saturated carbocycles. The molecule has 0 bridgehead atoms. The minimum Gasteiger partial charge on any atom is -0.444 e. The van der Waals surface area contributed by atoms with Crippen molar-refractivity contribution in [3.8, 4) is 11.4 Å². The summed E-state index contributed by atoms with van der Waals surface area (Å²) in [6.45, 7) is 23.1. The maximum atomic E-state index is 13.8. The van der Waals surface area contributed by atoms with Crippen molar-refractivity contribution in [2.75, 3.05) is 99.8 Å². The Morgan fingerprint density at radius 2 is 0.931 bits per heavy atom. The molecule has 0 spiro atoms. The van der Waals surface area contributed by atoms with Crippen molar-refractivity contribution in [1.29, 1.82) is 0 Å². The average Bonchev–Trinajstić information content (AvgIpc) is 4.17. The van der Waals surface area contributed by atoms with Gasteiger partial charge in [-0.3, -0.25) is 29.2 Å². The van der Waals surface area contributed by atoms with Gasteiger partial charge in [-0.15, -0.1) is 0 Å². The van der Waals surface area contributed by atoms with Crippen LogP contribution in [-0.2, 0) is 19.1 Å². The van der Waals surface area contributed by atoms with E-state index in [0.29, 0.717) is 50.5 Å². The molecule has 390 valence electrons. The highest BCUT2D eigenvalue weighted by Crippen LogP contribution is 2.31. The maximum Gasteiger partial charge on any atom is 0.411 e. The largest absolute Gasteiger partial charge is 0.444 e. The highest BCUT2D eigenvalue weighted by Gasteiger charge is 2.45. The number of hydrogen-bond acceptors (Lipinski definition) is 14. The number of nitrogens with zero attached hydrogens (tertiary/aromatic N) is 10. The van der Waals surface area contributed by atoms with Gasteiger partial charge >= 0.3 is 12.2 Å². The van der Waals surface area contributed by atoms with Crippen LogP contribution in [-0.4, -0.2) is 189 Å². The van der Waals surface area contributed by atoms with Crippen LogP contribution in [0, 0.1) is 13.8 Å². The number of carbonyl (C=O) groups is 4. The van der Waals surface area contributed by atoms with Gasteiger partial charge in [0.15, 0.2) is 0 Å². The second-order valence-corrected chi connectivity index (χ2v) is 23.8. The van der Waals surface area contributed by atoms with Crippen molar-refractivity contribution in [2.45, 2.75) is 104 Å². The zero-order valence-electron chi connectivity index (χ0n) is 43.3. The molecule has 2 aromatic heterocycles. The molecule has 4 aliphatic heterocycles. The van der Waals surface area contributed by atoms with Gasteiger partial charge in [-0.2, -0.15) is 10.2 Å². The average molecular weight is 1030 g/mol. The lowest BCUT2D eigenvalue weighted by Gasteiger charge is -2.38. The number of likely N-dealkylation sites (tertiary alicyclic amines) is 2. The number of rotatable bonds is 15. The Morgan fingerprint density at radius 3 is 1.28 bits per heavy atom. The SMILES string of the molecule is Cc1cc(N2CCN([C@H]3C[C@@H](C(=O)NCCSSCCNC(=O)[C@@H]4C[C@H](N5CCN(c6cc(C)nn6-c6ccccc6)CC5)CN4C(=O)OC(C)(C)C)N(C(=O)OC(C)(C)C)C3)CC2)n(-c2ccccc2)n1. The Kier molecular flexibility index (Phi) is 17.0. The Labute approximate surface area is 432 Å². The van der Waals surface area contributed by atoms with Gasteiger partial charge in [-0.1, -0.05) is 58.0 Å². The summed E-state index contributed by atoms with van der Waals surface area (Å²) in [4.78, 5) is 67.4. The van der Waals surface area contributed by atoms with Crippen molar-refractivity contribution >= 4 is 57.2 Å². The van der Waals surface area contributed by atoms with Gasteiger partial charge in [0.05, 0.1) is 22.8 Å². The number of carbonyl (C=O) groups excluding carboxylic acids is 4. The smallest absolute Gasteiger partial charge is 0.411 e. The predicted molar refractivity (Wildman–Crippen MR) is 285 cm³/mol. The summed E-state index contributed by atoms with van der Waals surface area (Å²) in [5.74, 6) is 3.05. The zero-order chi connectivity index (χ0) is 51.2. The van der Waals surface area contributed by atoms with Crippen LogP contribution in [0.5, 0.6) is 0 Å². The van der Waals surface area contributed by atoms with E-state index in [4.69, 9.17) is 19.7 Å². The standard InChI is InChI=1S/C52H74N12O6S2/c1-37-31-45(63(55-37)39-15-11-9-12-16-39)59-25-21-57(22-26-59)41-33-43(61(35-41)49(67)69-51(3,4)5)47(65)53-19-29-71-72-30-20-54-48(66)44-34-42(36-62(44)50(68)70-52(6,7)8)58-23-27-60(28-24-58)46-32-38(2)56-64(46)40-17-13-10-14-18-40/h9-18,31-32,41-44H,19-30,33-36H2,1-8H3,(H,53,65)(H,54,66)/t41-,42-,43-,44-/m0/s1. The number of ether oxygens (including phenoxy) is 2. The Bertz CT molecular complexity index is 2290. The predicted octanol–water partition coefficient (Wildman–Crippen LogP) is 5.99. The summed E-state index contributed by atoms with van der Waals surface area (Å²) >= 11 is 0. The first-order valence-electron chi connectivity index (χ1n) is 25.4. The number of aromatic nitrogens is 4. The number of benzene rings is 2. The second-order valence-electron chi connectivity index (χ2n) is 21.1. The van der Waals surface area contributed by atoms with Crippen molar-refractivity contribution in [1.82, 2.24) is 49.8 Å². The number of aryl methyl sites for hydroxylation is 2. The third-order valence-electron chi connectivity index (χ3n) is 13.4. The van der Waals surface area contributed by atoms with Crippen LogP contribution < -0.4 is 20.4 Å². The van der Waals surface area contributed by atoms with Crippen LogP contribution in [0.2, 0.25) is 0 Å². The summed E-state index contributed by atoms with van der Waals surface area (Å²) in [5.41, 5.74) is 2.56. The summed E-state index contributed by atoms with van der Waals surface area (Å²) in [6, 6.07) is 23.3. The lowest BCUT2D eigenvalue weighted by atomic mass is 10.1. The minimum absolute atomic E-state index is 0.0189. The molecule has 4 aromatic rings. The summed E-state index contributed by atoms with van der Waals surface area (Å²) in [6.07, 6.45) is 0.106. The molecule has 0 aliphatic carbocycles. The number of amides is 4. The molecule has 6 heterocycles. The lowest BCUT2D eigenvalue weighted by Crippen LogP contribution is -2.51. The molecule has 20 heteroatoms. The molecule has 0 radical (unpaired) electrons. The van der Waals surface area contributed by atoms with Crippen molar-refractivity contribution < 1.29 is 28.7 Å². The van der Waals surface area contributed by atoms with Crippen LogP contribution in [0.3, 0.4) is 0 Å². The quantitative estimate of drug-likeness (QED) is 0.105. The summed E-state index contributed by atoms with van der Waals surface area (Å²) in [5, 5.41) is 15.7. The first-order chi connectivity index (χ1) is 34.4. The van der Waals surface area contributed by atoms with Crippen LogP contribution >= 0.6 is 21.6 Å². The third-order valence-corrected chi connectivity index (χ3v) is 15.8. The molecule has 2 N–H and O–H groups in total. The van der Waals surface area contributed by atoms with Gasteiger partial charge in [-0.25, -0.2) is 19.0 Å². The van der Waals surface area contributed by atoms with E-state index < -0.39 is 35.5 Å².